The Morgan fingerprint density at radius 2 is 2.22 bits per heavy atom. The van der Waals surface area contributed by atoms with Crippen LogP contribution in [0, 0.1) is 0 Å². The number of rotatable bonds is 3. The minimum absolute atomic E-state index is 0.0891. The van der Waals surface area contributed by atoms with Crippen molar-refractivity contribution in [2.75, 3.05) is 0 Å². The first kappa shape index (κ1) is 8.53. The van der Waals surface area contributed by atoms with Gasteiger partial charge in [-0.2, -0.15) is 0 Å². The lowest BCUT2D eigenvalue weighted by Crippen LogP contribution is -2.19. The lowest BCUT2D eigenvalue weighted by atomic mass is 9.66. The highest BCUT2D eigenvalue weighted by Crippen LogP contribution is 2.28. The molecule has 0 saturated carbocycles. The van der Waals surface area contributed by atoms with E-state index in [-0.39, 0.29) is 11.2 Å². The van der Waals surface area contributed by atoms with Gasteiger partial charge in [0.1, 0.15) is 7.85 Å². The smallest absolute Gasteiger partial charge is 0.217 e. The molecular formula is C6H14BNO. The molecule has 0 fully saturated rings. The van der Waals surface area contributed by atoms with Crippen molar-refractivity contribution in [1.82, 2.24) is 0 Å². The van der Waals surface area contributed by atoms with Crippen LogP contribution in [-0.2, 0) is 4.79 Å². The van der Waals surface area contributed by atoms with E-state index in [1.165, 1.54) is 0 Å². The quantitative estimate of drug-likeness (QED) is 0.536. The molecule has 0 aliphatic heterocycles. The highest BCUT2D eigenvalue weighted by atomic mass is 16.1. The van der Waals surface area contributed by atoms with Crippen LogP contribution >= 0.6 is 0 Å². The molecule has 0 aliphatic rings. The van der Waals surface area contributed by atoms with Crippen molar-refractivity contribution in [2.24, 2.45) is 5.73 Å². The average molecular weight is 127 g/mol. The van der Waals surface area contributed by atoms with Crippen molar-refractivity contribution < 1.29 is 4.79 Å². The lowest BCUT2D eigenvalue weighted by molar-refractivity contribution is -0.118. The number of primary amides is 1. The van der Waals surface area contributed by atoms with Crippen LogP contribution in [0.5, 0.6) is 0 Å². The molecule has 1 amide bonds. The fourth-order valence-corrected chi connectivity index (χ4v) is 0.597. The van der Waals surface area contributed by atoms with Crippen molar-refractivity contribution >= 4 is 13.8 Å². The van der Waals surface area contributed by atoms with Crippen LogP contribution in [0.2, 0.25) is 5.31 Å². The van der Waals surface area contributed by atoms with Crippen molar-refractivity contribution in [3.63, 3.8) is 0 Å². The van der Waals surface area contributed by atoms with Crippen LogP contribution in [-0.4, -0.2) is 13.8 Å². The molecule has 2 nitrogen and oxygen atoms in total. The molecule has 0 aliphatic carbocycles. The number of hydrogen-bond acceptors (Lipinski definition) is 1. The molecule has 0 aromatic carbocycles. The Morgan fingerprint density at radius 3 is 2.33 bits per heavy atom. The van der Waals surface area contributed by atoms with Crippen molar-refractivity contribution in [3.8, 4) is 0 Å². The van der Waals surface area contributed by atoms with E-state index in [9.17, 15) is 4.79 Å². The van der Waals surface area contributed by atoms with Crippen LogP contribution in [0.25, 0.3) is 0 Å². The first-order valence-corrected chi connectivity index (χ1v) is 3.26. The lowest BCUT2D eigenvalue weighted by Gasteiger charge is -2.19. The first-order valence-electron chi connectivity index (χ1n) is 3.26. The van der Waals surface area contributed by atoms with E-state index in [4.69, 9.17) is 5.73 Å². The predicted molar refractivity (Wildman–Crippen MR) is 41.0 cm³/mol. The minimum Gasteiger partial charge on any atom is -0.370 e. The monoisotopic (exact) mass is 127 g/mol. The molecule has 0 radical (unpaired) electrons. The minimum atomic E-state index is -0.207. The number of carbonyl (C=O) groups is 1. The summed E-state index contributed by atoms with van der Waals surface area (Å²) in [4.78, 5) is 10.4. The molecule has 9 heavy (non-hydrogen) atoms. The van der Waals surface area contributed by atoms with Crippen LogP contribution in [0.15, 0.2) is 0 Å². The summed E-state index contributed by atoms with van der Waals surface area (Å²) in [6.45, 7) is 4.10. The van der Waals surface area contributed by atoms with Crippen LogP contribution < -0.4 is 5.73 Å². The number of nitrogens with two attached hydrogens (primary N) is 1. The molecule has 0 aromatic rings. The molecule has 0 bridgehead atoms. The van der Waals surface area contributed by atoms with E-state index in [1.54, 1.807) is 0 Å². The third-order valence-corrected chi connectivity index (χ3v) is 1.61. The van der Waals surface area contributed by atoms with Gasteiger partial charge in [-0.05, 0) is 0 Å². The van der Waals surface area contributed by atoms with Gasteiger partial charge in [0.25, 0.3) is 0 Å². The summed E-state index contributed by atoms with van der Waals surface area (Å²) in [5.41, 5.74) is 5.02. The fraction of sp³-hybridized carbons (Fsp3) is 0.833. The van der Waals surface area contributed by atoms with Gasteiger partial charge in [0.2, 0.25) is 5.91 Å². The summed E-state index contributed by atoms with van der Waals surface area (Å²) in [5.74, 6) is -0.207. The maximum absolute atomic E-state index is 10.4. The van der Waals surface area contributed by atoms with Crippen LogP contribution in [0.1, 0.15) is 26.7 Å². The molecule has 0 aromatic heterocycles. The Balaban J connectivity index is 3.71. The molecule has 1 unspecified atom stereocenters. The Hall–Kier alpha value is -0.465. The summed E-state index contributed by atoms with van der Waals surface area (Å²) in [5, 5.41) is 0.0891. The molecule has 0 rings (SSSR count). The van der Waals surface area contributed by atoms with Gasteiger partial charge in [-0.25, -0.2) is 0 Å². The topological polar surface area (TPSA) is 43.1 Å². The van der Waals surface area contributed by atoms with E-state index in [0.717, 1.165) is 6.42 Å². The number of hydrogen-bond donors (Lipinski definition) is 1. The second kappa shape index (κ2) is 2.90. The summed E-state index contributed by atoms with van der Waals surface area (Å²) in [7, 11) is 2.04. The van der Waals surface area contributed by atoms with Crippen molar-refractivity contribution in [2.45, 2.75) is 32.0 Å². The Morgan fingerprint density at radius 1 is 1.78 bits per heavy atom. The zero-order valence-corrected chi connectivity index (χ0v) is 6.40. The Bertz CT molecular complexity index is 112. The van der Waals surface area contributed by atoms with Gasteiger partial charge >= 0.3 is 0 Å². The molecule has 0 spiro atoms. The number of carbonyl (C=O) groups excluding carboxylic acids is 1. The van der Waals surface area contributed by atoms with Gasteiger partial charge in [-0.15, -0.1) is 0 Å². The summed E-state index contributed by atoms with van der Waals surface area (Å²) >= 11 is 0. The third kappa shape index (κ3) is 4.07. The summed E-state index contributed by atoms with van der Waals surface area (Å²) in [6, 6.07) is 0. The van der Waals surface area contributed by atoms with Gasteiger partial charge < -0.3 is 5.73 Å². The maximum atomic E-state index is 10.4. The molecule has 2 N–H and O–H groups in total. The third-order valence-electron chi connectivity index (χ3n) is 1.61. The van der Waals surface area contributed by atoms with Crippen molar-refractivity contribution in [1.29, 1.82) is 0 Å². The van der Waals surface area contributed by atoms with Gasteiger partial charge in [-0.3, -0.25) is 4.79 Å². The van der Waals surface area contributed by atoms with E-state index in [1.807, 2.05) is 14.8 Å². The molecule has 1 atom stereocenters. The predicted octanol–water partition coefficient (Wildman–Crippen LogP) is 0.0835. The van der Waals surface area contributed by atoms with Gasteiger partial charge in [0, 0.05) is 6.42 Å². The molecule has 0 heterocycles. The van der Waals surface area contributed by atoms with Gasteiger partial charge in [0.05, 0.1) is 0 Å². The maximum Gasteiger partial charge on any atom is 0.217 e. The molecule has 0 saturated heterocycles. The first-order chi connectivity index (χ1) is 3.98. The van der Waals surface area contributed by atoms with Crippen LogP contribution in [0.3, 0.4) is 0 Å². The van der Waals surface area contributed by atoms with Gasteiger partial charge in [-0.1, -0.05) is 25.6 Å². The number of amides is 1. The normalized spacial score (nSPS) is 16.7. The zero-order chi connectivity index (χ0) is 7.49. The second-order valence-electron chi connectivity index (χ2n) is 3.16. The summed E-state index contributed by atoms with van der Waals surface area (Å²) in [6.07, 6.45) is 1.49. The zero-order valence-electron chi connectivity index (χ0n) is 6.40. The van der Waals surface area contributed by atoms with E-state index in [0.29, 0.717) is 6.42 Å². The fourth-order valence-electron chi connectivity index (χ4n) is 0.597. The van der Waals surface area contributed by atoms with Crippen molar-refractivity contribution in [3.05, 3.63) is 0 Å². The SMILES string of the molecule is BC(C)(CC)CC(N)=O. The van der Waals surface area contributed by atoms with E-state index < -0.39 is 0 Å². The Labute approximate surface area is 57.2 Å². The molecular weight excluding hydrogens is 113 g/mol. The summed E-state index contributed by atoms with van der Waals surface area (Å²) < 4.78 is 0. The standard InChI is InChI=1S/C6H14BNO/c1-3-6(2,7)4-5(8)9/h3-4,7H2,1-2H3,(H2,8,9). The van der Waals surface area contributed by atoms with E-state index in [2.05, 4.69) is 6.92 Å². The average Bonchev–Trinajstić information content (AvgIpc) is 1.63. The molecule has 3 heteroatoms. The van der Waals surface area contributed by atoms with Gasteiger partial charge in [0.15, 0.2) is 0 Å². The molecule has 52 valence electrons. The van der Waals surface area contributed by atoms with E-state index >= 15 is 0 Å². The highest BCUT2D eigenvalue weighted by molar-refractivity contribution is 6.16. The second-order valence-corrected chi connectivity index (χ2v) is 3.16. The highest BCUT2D eigenvalue weighted by Gasteiger charge is 2.17. The largest absolute Gasteiger partial charge is 0.370 e. The Kier molecular flexibility index (Phi) is 2.75. The van der Waals surface area contributed by atoms with Crippen LogP contribution in [0.4, 0.5) is 0 Å².